The maximum atomic E-state index is 7.57. The first-order valence-corrected chi connectivity index (χ1v) is 25.6. The maximum absolute atomic E-state index is 7.57. The molecule has 11 aromatic rings. The molecule has 0 saturated heterocycles. The molecule has 6 aliphatic rings. The number of anilines is 6. The smallest absolute Gasteiger partial charge is 0.261 e. The van der Waals surface area contributed by atoms with E-state index in [0.717, 1.165) is 151 Å². The first kappa shape index (κ1) is 40.6. The van der Waals surface area contributed by atoms with Crippen LogP contribution >= 0.6 is 0 Å². The summed E-state index contributed by atoms with van der Waals surface area (Å²) in [4.78, 5) is 4.89. The van der Waals surface area contributed by atoms with Gasteiger partial charge in [0.1, 0.15) is 57.2 Å². The summed E-state index contributed by atoms with van der Waals surface area (Å²) in [5, 5.41) is 2.07. The molecule has 10 aromatic carbocycles. The molecule has 0 unspecified atom stereocenters. The van der Waals surface area contributed by atoms with Gasteiger partial charge in [-0.25, -0.2) is 0 Å². The fourth-order valence-electron chi connectivity index (χ4n) is 13.3. The Hall–Kier alpha value is -9.01. The predicted molar refractivity (Wildman–Crippen MR) is 302 cm³/mol. The second-order valence-corrected chi connectivity index (χ2v) is 21.4. The minimum absolute atomic E-state index is 0.0419. The van der Waals surface area contributed by atoms with Gasteiger partial charge in [-0.1, -0.05) is 136 Å². The Bertz CT molecular complexity index is 4290. The molecule has 17 rings (SSSR count). The van der Waals surface area contributed by atoms with Crippen molar-refractivity contribution < 1.29 is 23.4 Å². The number of hydrogen-bond acceptors (Lipinski definition) is 7. The SMILES string of the molecule is CC(C)(C)c1ccc(N2c3cccc4c3B(c3c2cc2c5c3Oc3ccccc3B5c3ccccc3O2)c2c(cc3c5c2Oc2ccccc2B5c2ccccc2O3)N4c2cccc3oc4ccccc4c23)cc1. The van der Waals surface area contributed by atoms with Crippen LogP contribution in [0.25, 0.3) is 21.9 Å². The van der Waals surface area contributed by atoms with Gasteiger partial charge in [0, 0.05) is 56.9 Å². The number of furan rings is 1. The third-order valence-corrected chi connectivity index (χ3v) is 16.5. The predicted octanol–water partition coefficient (Wildman–Crippen LogP) is 10.4. The highest BCUT2D eigenvalue weighted by Crippen LogP contribution is 2.52. The average molecular weight is 950 g/mol. The number of ether oxygens (including phenoxy) is 4. The number of fused-ring (bicyclic) bond motifs is 17. The Morgan fingerprint density at radius 2 is 0.811 bits per heavy atom. The van der Waals surface area contributed by atoms with E-state index >= 15 is 0 Å². The molecule has 0 aliphatic carbocycles. The third-order valence-electron chi connectivity index (χ3n) is 16.5. The molecule has 7 heterocycles. The average Bonchev–Trinajstić information content (AvgIpc) is 3.94. The molecule has 0 spiro atoms. The van der Waals surface area contributed by atoms with E-state index in [-0.39, 0.29) is 18.8 Å². The Kier molecular flexibility index (Phi) is 7.87. The van der Waals surface area contributed by atoms with Gasteiger partial charge in [0.2, 0.25) is 0 Å². The van der Waals surface area contributed by atoms with Crippen molar-refractivity contribution in [2.24, 2.45) is 0 Å². The van der Waals surface area contributed by atoms with E-state index in [1.165, 1.54) is 5.56 Å². The van der Waals surface area contributed by atoms with Gasteiger partial charge in [0.25, 0.3) is 20.1 Å². The minimum atomic E-state index is -0.403. The number of rotatable bonds is 2. The van der Waals surface area contributed by atoms with Crippen molar-refractivity contribution in [2.45, 2.75) is 26.2 Å². The van der Waals surface area contributed by atoms with Crippen LogP contribution in [0.4, 0.5) is 34.1 Å². The molecule has 0 radical (unpaired) electrons. The number of benzene rings is 10. The molecule has 1 aromatic heterocycles. The quantitative estimate of drug-likeness (QED) is 0.160. The fraction of sp³-hybridized carbons (Fsp3) is 0.0625. The van der Waals surface area contributed by atoms with Gasteiger partial charge >= 0.3 is 0 Å². The van der Waals surface area contributed by atoms with Crippen LogP contribution in [0.2, 0.25) is 0 Å². The lowest BCUT2D eigenvalue weighted by Crippen LogP contribution is -2.66. The van der Waals surface area contributed by atoms with Gasteiger partial charge < -0.3 is 33.2 Å². The molecule has 0 atom stereocenters. The summed E-state index contributed by atoms with van der Waals surface area (Å²) in [6, 6.07) is 69.2. The van der Waals surface area contributed by atoms with Crippen LogP contribution < -0.4 is 77.9 Å². The van der Waals surface area contributed by atoms with Crippen LogP contribution in [-0.4, -0.2) is 20.1 Å². The highest BCUT2D eigenvalue weighted by molar-refractivity contribution is 7.05. The van der Waals surface area contributed by atoms with E-state index in [1.54, 1.807) is 0 Å². The molecule has 0 saturated carbocycles. The van der Waals surface area contributed by atoms with E-state index in [9.17, 15) is 0 Å². The summed E-state index contributed by atoms with van der Waals surface area (Å²) in [5.74, 6) is 6.50. The summed E-state index contributed by atoms with van der Waals surface area (Å²) >= 11 is 0. The summed E-state index contributed by atoms with van der Waals surface area (Å²) < 4.78 is 36.0. The summed E-state index contributed by atoms with van der Waals surface area (Å²) in [5.41, 5.74) is 18.6. The lowest BCUT2D eigenvalue weighted by Gasteiger charge is -2.47. The normalized spacial score (nSPS) is 14.4. The van der Waals surface area contributed by atoms with Crippen molar-refractivity contribution in [3.05, 3.63) is 200 Å². The van der Waals surface area contributed by atoms with E-state index in [4.69, 9.17) is 23.4 Å². The lowest BCUT2D eigenvalue weighted by atomic mass is 9.29. The van der Waals surface area contributed by atoms with Crippen LogP contribution in [0.3, 0.4) is 0 Å². The summed E-state index contributed by atoms with van der Waals surface area (Å²) in [6.45, 7) is 6.12. The van der Waals surface area contributed by atoms with E-state index < -0.39 is 6.71 Å². The second kappa shape index (κ2) is 14.4. The van der Waals surface area contributed by atoms with Gasteiger partial charge in [-0.05, 0) is 116 Å². The van der Waals surface area contributed by atoms with Crippen molar-refractivity contribution in [3.63, 3.8) is 0 Å². The summed E-state index contributed by atoms with van der Waals surface area (Å²) in [6.07, 6.45) is 0. The minimum Gasteiger partial charge on any atom is -0.459 e. The van der Waals surface area contributed by atoms with Gasteiger partial charge in [-0.2, -0.15) is 0 Å². The number of nitrogens with zero attached hydrogens (tertiary/aromatic N) is 2. The molecule has 0 bridgehead atoms. The number of para-hydroxylation sites is 5. The van der Waals surface area contributed by atoms with Crippen LogP contribution in [-0.2, 0) is 5.41 Å². The molecule has 0 amide bonds. The van der Waals surface area contributed by atoms with Crippen molar-refractivity contribution >= 4 is 125 Å². The zero-order valence-corrected chi connectivity index (χ0v) is 40.6. The summed E-state index contributed by atoms with van der Waals surface area (Å²) in [7, 11) is 0. The fourth-order valence-corrected chi connectivity index (χ4v) is 13.3. The molecule has 74 heavy (non-hydrogen) atoms. The molecule has 346 valence electrons. The van der Waals surface area contributed by atoms with Crippen LogP contribution in [0.15, 0.2) is 199 Å². The first-order valence-electron chi connectivity index (χ1n) is 25.6. The first-order chi connectivity index (χ1) is 36.4. The van der Waals surface area contributed by atoms with Crippen molar-refractivity contribution in [3.8, 4) is 46.0 Å². The van der Waals surface area contributed by atoms with Crippen molar-refractivity contribution in [1.82, 2.24) is 0 Å². The zero-order valence-electron chi connectivity index (χ0n) is 40.6. The third kappa shape index (κ3) is 5.29. The molecular weight excluding hydrogens is 909 g/mol. The number of hydrogen-bond donors (Lipinski definition) is 0. The molecule has 7 nitrogen and oxygen atoms in total. The van der Waals surface area contributed by atoms with E-state index in [1.807, 2.05) is 6.07 Å². The topological polar surface area (TPSA) is 56.5 Å². The highest BCUT2D eigenvalue weighted by Gasteiger charge is 2.53. The standard InChI is InChI=1S/C64H41B3N2O5/c1-64(2,3)36-30-32-37(33-31-36)68-44-22-14-23-45-57(44)67(58-46(68)34-54-60-62(58)73-51-27-12-7-19-41(51)65(60)39-17-5-10-25-49(39)71-54)59-47(69(45)43-21-15-29-53-56(43)38-16-4-9-24-48(38)70-53)35-55-61-63(59)74-52-28-13-8-20-42(52)66(61)40-18-6-11-26-50(40)72-55/h4-35H,1-3H3. The van der Waals surface area contributed by atoms with Crippen molar-refractivity contribution in [1.29, 1.82) is 0 Å². The van der Waals surface area contributed by atoms with E-state index in [2.05, 4.69) is 219 Å². The van der Waals surface area contributed by atoms with E-state index in [0.29, 0.717) is 0 Å². The van der Waals surface area contributed by atoms with Gasteiger partial charge in [-0.15, -0.1) is 0 Å². The van der Waals surface area contributed by atoms with Crippen LogP contribution in [0.1, 0.15) is 26.3 Å². The molecule has 10 heteroatoms. The zero-order chi connectivity index (χ0) is 48.7. The maximum Gasteiger partial charge on any atom is 0.261 e. The lowest BCUT2D eigenvalue weighted by molar-refractivity contribution is 0.466. The Balaban J connectivity index is 1.04. The van der Waals surface area contributed by atoms with Crippen LogP contribution in [0.5, 0.6) is 46.0 Å². The van der Waals surface area contributed by atoms with Gasteiger partial charge in [0.05, 0.1) is 11.1 Å². The molecule has 6 aliphatic heterocycles. The van der Waals surface area contributed by atoms with Crippen LogP contribution in [0, 0.1) is 0 Å². The Labute approximate surface area is 428 Å². The van der Waals surface area contributed by atoms with Crippen molar-refractivity contribution in [2.75, 3.05) is 9.80 Å². The Morgan fingerprint density at radius 1 is 0.351 bits per heavy atom. The highest BCUT2D eigenvalue weighted by atomic mass is 16.5. The molecule has 0 N–H and O–H groups in total. The molecular formula is C64H41B3N2O5. The van der Waals surface area contributed by atoms with Gasteiger partial charge in [-0.3, -0.25) is 0 Å². The van der Waals surface area contributed by atoms with Gasteiger partial charge in [0.15, 0.2) is 0 Å². The second-order valence-electron chi connectivity index (χ2n) is 21.4. The molecule has 0 fully saturated rings. The Morgan fingerprint density at radius 3 is 1.38 bits per heavy atom. The monoisotopic (exact) mass is 950 g/mol. The largest absolute Gasteiger partial charge is 0.459 e.